The standard InChI is InChI=1S/C13H22O2/c1-3-11(2)13(10-15-13)14-9-12-7-5-4-6-8-12/h12H,2-10H2,1H3. The fraction of sp³-hybridized carbons (Fsp3) is 0.846. The lowest BCUT2D eigenvalue weighted by atomic mass is 9.90. The molecule has 0 radical (unpaired) electrons. The normalized spacial score (nSPS) is 31.5. The molecule has 0 N–H and O–H groups in total. The van der Waals surface area contributed by atoms with Gasteiger partial charge >= 0.3 is 0 Å². The van der Waals surface area contributed by atoms with Crippen LogP contribution >= 0.6 is 0 Å². The molecular formula is C13H22O2. The Morgan fingerprint density at radius 1 is 1.40 bits per heavy atom. The van der Waals surface area contributed by atoms with Crippen LogP contribution in [0.15, 0.2) is 12.2 Å². The third-order valence-electron chi connectivity index (χ3n) is 3.65. The zero-order valence-corrected chi connectivity index (χ0v) is 9.76. The van der Waals surface area contributed by atoms with E-state index in [0.29, 0.717) is 6.61 Å². The van der Waals surface area contributed by atoms with Crippen LogP contribution in [0.1, 0.15) is 45.4 Å². The van der Waals surface area contributed by atoms with Gasteiger partial charge in [-0.25, -0.2) is 0 Å². The second kappa shape index (κ2) is 4.67. The number of hydrogen-bond acceptors (Lipinski definition) is 2. The second-order valence-corrected chi connectivity index (χ2v) is 4.81. The summed E-state index contributed by atoms with van der Waals surface area (Å²) in [5.41, 5.74) is 1.10. The summed E-state index contributed by atoms with van der Waals surface area (Å²) in [5, 5.41) is 0. The lowest BCUT2D eigenvalue weighted by Crippen LogP contribution is -2.24. The van der Waals surface area contributed by atoms with Gasteiger partial charge in [-0.1, -0.05) is 32.8 Å². The molecule has 86 valence electrons. The summed E-state index contributed by atoms with van der Waals surface area (Å²) in [5.74, 6) is 0.371. The Morgan fingerprint density at radius 2 is 2.07 bits per heavy atom. The molecule has 0 spiro atoms. The first kappa shape index (κ1) is 11.2. The fourth-order valence-corrected chi connectivity index (χ4v) is 2.33. The van der Waals surface area contributed by atoms with E-state index in [1.807, 2.05) is 0 Å². The number of epoxide rings is 1. The molecule has 1 heterocycles. The van der Waals surface area contributed by atoms with Crippen LogP contribution in [0.3, 0.4) is 0 Å². The van der Waals surface area contributed by atoms with Crippen LogP contribution in [0.4, 0.5) is 0 Å². The van der Waals surface area contributed by atoms with Crippen LogP contribution in [-0.2, 0) is 9.47 Å². The van der Waals surface area contributed by atoms with Gasteiger partial charge in [0.1, 0.15) is 6.61 Å². The van der Waals surface area contributed by atoms with Gasteiger partial charge in [-0.3, -0.25) is 0 Å². The maximum absolute atomic E-state index is 5.91. The van der Waals surface area contributed by atoms with Gasteiger partial charge in [-0.05, 0) is 30.8 Å². The molecule has 1 aliphatic heterocycles. The molecule has 2 nitrogen and oxygen atoms in total. The van der Waals surface area contributed by atoms with Crippen LogP contribution in [0.25, 0.3) is 0 Å². The molecule has 0 aromatic rings. The van der Waals surface area contributed by atoms with Crippen LogP contribution in [0, 0.1) is 5.92 Å². The van der Waals surface area contributed by atoms with E-state index in [-0.39, 0.29) is 5.79 Å². The molecular weight excluding hydrogens is 188 g/mol. The molecule has 1 saturated carbocycles. The Morgan fingerprint density at radius 3 is 2.60 bits per heavy atom. The summed E-state index contributed by atoms with van der Waals surface area (Å²) in [6.45, 7) is 7.70. The smallest absolute Gasteiger partial charge is 0.215 e. The molecule has 2 rings (SSSR count). The largest absolute Gasteiger partial charge is 0.344 e. The van der Waals surface area contributed by atoms with Gasteiger partial charge in [0, 0.05) is 0 Å². The second-order valence-electron chi connectivity index (χ2n) is 4.81. The van der Waals surface area contributed by atoms with Crippen molar-refractivity contribution in [3.63, 3.8) is 0 Å². The van der Waals surface area contributed by atoms with E-state index in [1.165, 1.54) is 32.1 Å². The summed E-state index contributed by atoms with van der Waals surface area (Å²) in [4.78, 5) is 0. The van der Waals surface area contributed by atoms with Crippen molar-refractivity contribution in [2.75, 3.05) is 13.2 Å². The highest BCUT2D eigenvalue weighted by Gasteiger charge is 2.48. The predicted octanol–water partition coefficient (Wildman–Crippen LogP) is 3.28. The van der Waals surface area contributed by atoms with Crippen LogP contribution in [0.2, 0.25) is 0 Å². The molecule has 0 amide bonds. The van der Waals surface area contributed by atoms with E-state index >= 15 is 0 Å². The lowest BCUT2D eigenvalue weighted by molar-refractivity contribution is -0.0391. The average Bonchev–Trinajstić information content (AvgIpc) is 3.08. The predicted molar refractivity (Wildman–Crippen MR) is 60.6 cm³/mol. The first-order valence-corrected chi connectivity index (χ1v) is 6.23. The van der Waals surface area contributed by atoms with Gasteiger partial charge in [0.25, 0.3) is 0 Å². The molecule has 0 bridgehead atoms. The van der Waals surface area contributed by atoms with E-state index < -0.39 is 0 Å². The van der Waals surface area contributed by atoms with Crippen molar-refractivity contribution in [3.05, 3.63) is 12.2 Å². The van der Waals surface area contributed by atoms with E-state index in [0.717, 1.165) is 24.5 Å². The summed E-state index contributed by atoms with van der Waals surface area (Å²) < 4.78 is 11.3. The molecule has 1 unspecified atom stereocenters. The maximum atomic E-state index is 5.91. The van der Waals surface area contributed by atoms with Crippen molar-refractivity contribution < 1.29 is 9.47 Å². The van der Waals surface area contributed by atoms with Crippen molar-refractivity contribution in [3.8, 4) is 0 Å². The molecule has 0 aromatic heterocycles. The topological polar surface area (TPSA) is 21.8 Å². The molecule has 1 aliphatic carbocycles. The van der Waals surface area contributed by atoms with Gasteiger partial charge in [-0.15, -0.1) is 0 Å². The minimum atomic E-state index is -0.383. The summed E-state index contributed by atoms with van der Waals surface area (Å²) >= 11 is 0. The van der Waals surface area contributed by atoms with Crippen LogP contribution in [-0.4, -0.2) is 19.0 Å². The van der Waals surface area contributed by atoms with Crippen molar-refractivity contribution in [2.45, 2.75) is 51.2 Å². The molecule has 2 heteroatoms. The van der Waals surface area contributed by atoms with Crippen molar-refractivity contribution in [1.82, 2.24) is 0 Å². The maximum Gasteiger partial charge on any atom is 0.215 e. The Bertz CT molecular complexity index is 225. The first-order valence-electron chi connectivity index (χ1n) is 6.23. The van der Waals surface area contributed by atoms with Gasteiger partial charge in [-0.2, -0.15) is 0 Å². The minimum Gasteiger partial charge on any atom is -0.344 e. The molecule has 1 saturated heterocycles. The molecule has 15 heavy (non-hydrogen) atoms. The zero-order chi connectivity index (χ0) is 10.7. The van der Waals surface area contributed by atoms with E-state index in [2.05, 4.69) is 13.5 Å². The fourth-order valence-electron chi connectivity index (χ4n) is 2.33. The summed E-state index contributed by atoms with van der Waals surface area (Å²) in [6, 6.07) is 0. The van der Waals surface area contributed by atoms with Crippen LogP contribution < -0.4 is 0 Å². The van der Waals surface area contributed by atoms with E-state index in [9.17, 15) is 0 Å². The Kier molecular flexibility index (Phi) is 3.47. The highest BCUT2D eigenvalue weighted by Crippen LogP contribution is 2.38. The quantitative estimate of drug-likeness (QED) is 0.513. The number of rotatable bonds is 5. The van der Waals surface area contributed by atoms with Gasteiger partial charge < -0.3 is 9.47 Å². The molecule has 2 aliphatic rings. The summed E-state index contributed by atoms with van der Waals surface area (Å²) in [7, 11) is 0. The minimum absolute atomic E-state index is 0.383. The Balaban J connectivity index is 1.75. The SMILES string of the molecule is C=C(CC)C1(OCC2CCCCC2)CO1. The molecule has 1 atom stereocenters. The highest BCUT2D eigenvalue weighted by atomic mass is 16.8. The third-order valence-corrected chi connectivity index (χ3v) is 3.65. The lowest BCUT2D eigenvalue weighted by Gasteiger charge is -2.24. The van der Waals surface area contributed by atoms with Crippen molar-refractivity contribution >= 4 is 0 Å². The number of ether oxygens (including phenoxy) is 2. The van der Waals surface area contributed by atoms with Gasteiger partial charge in [0.2, 0.25) is 5.79 Å². The molecule has 0 aromatic carbocycles. The Hall–Kier alpha value is -0.340. The zero-order valence-electron chi connectivity index (χ0n) is 9.76. The Labute approximate surface area is 92.6 Å². The van der Waals surface area contributed by atoms with Crippen molar-refractivity contribution in [1.29, 1.82) is 0 Å². The third kappa shape index (κ3) is 2.61. The molecule has 2 fully saturated rings. The summed E-state index contributed by atoms with van der Waals surface area (Å²) in [6.07, 6.45) is 7.75. The monoisotopic (exact) mass is 210 g/mol. The van der Waals surface area contributed by atoms with Crippen molar-refractivity contribution in [2.24, 2.45) is 5.92 Å². The van der Waals surface area contributed by atoms with Gasteiger partial charge in [0.05, 0.1) is 6.61 Å². The number of hydrogen-bond donors (Lipinski definition) is 0. The van der Waals surface area contributed by atoms with E-state index in [4.69, 9.17) is 9.47 Å². The highest BCUT2D eigenvalue weighted by molar-refractivity contribution is 5.14. The van der Waals surface area contributed by atoms with E-state index in [1.54, 1.807) is 0 Å². The van der Waals surface area contributed by atoms with Crippen LogP contribution in [0.5, 0.6) is 0 Å². The first-order chi connectivity index (χ1) is 7.27. The van der Waals surface area contributed by atoms with Gasteiger partial charge in [0.15, 0.2) is 0 Å². The average molecular weight is 210 g/mol.